The first kappa shape index (κ1) is 18.2. The van der Waals surface area contributed by atoms with Gasteiger partial charge in [0.05, 0.1) is 39.2 Å². The van der Waals surface area contributed by atoms with Crippen LogP contribution < -0.4 is 14.9 Å². The molecule has 132 valence electrons. The maximum Gasteiger partial charge on any atom is 0.254 e. The lowest BCUT2D eigenvalue weighted by Crippen LogP contribution is -2.42. The van der Waals surface area contributed by atoms with Crippen LogP contribution in [0.4, 0.5) is 0 Å². The average Bonchev–Trinajstić information content (AvgIpc) is 2.56. The average molecular weight is 335 g/mol. The molecule has 1 saturated heterocycles. The number of hydrazone groups is 1. The summed E-state index contributed by atoms with van der Waals surface area (Å²) < 4.78 is 16.2. The van der Waals surface area contributed by atoms with Crippen LogP contribution in [-0.4, -0.2) is 63.1 Å². The molecule has 1 heterocycles. The molecule has 1 fully saturated rings. The highest BCUT2D eigenvalue weighted by molar-refractivity contribution is 5.83. The summed E-state index contributed by atoms with van der Waals surface area (Å²) in [7, 11) is 1.59. The van der Waals surface area contributed by atoms with Crippen LogP contribution in [0.15, 0.2) is 23.3 Å². The molecule has 0 unspecified atom stereocenters. The predicted molar refractivity (Wildman–Crippen MR) is 91.8 cm³/mol. The number of nitrogens with one attached hydrogen (secondary N) is 1. The van der Waals surface area contributed by atoms with Crippen LogP contribution in [0.5, 0.6) is 11.5 Å². The zero-order valence-corrected chi connectivity index (χ0v) is 14.4. The van der Waals surface area contributed by atoms with E-state index in [9.17, 15) is 4.79 Å². The van der Waals surface area contributed by atoms with Gasteiger partial charge in [0, 0.05) is 13.1 Å². The van der Waals surface area contributed by atoms with E-state index in [0.29, 0.717) is 31.3 Å². The number of benzene rings is 1. The molecule has 24 heavy (non-hydrogen) atoms. The molecule has 0 aromatic heterocycles. The van der Waals surface area contributed by atoms with E-state index in [2.05, 4.69) is 10.5 Å². The third-order valence-electron chi connectivity index (χ3n) is 3.42. The minimum atomic E-state index is -0.139. The van der Waals surface area contributed by atoms with Gasteiger partial charge in [0.25, 0.3) is 5.91 Å². The monoisotopic (exact) mass is 335 g/mol. The Morgan fingerprint density at radius 2 is 2.12 bits per heavy atom. The van der Waals surface area contributed by atoms with Gasteiger partial charge in [0.2, 0.25) is 0 Å². The van der Waals surface area contributed by atoms with Crippen molar-refractivity contribution in [2.24, 2.45) is 5.10 Å². The SMILES string of the molecule is COc1cc(/C=N/NC(=O)CN2CCOCC2)ccc1OC(C)C. The van der Waals surface area contributed by atoms with E-state index in [0.717, 1.165) is 18.7 Å². The second-order valence-corrected chi connectivity index (χ2v) is 5.76. The fourth-order valence-corrected chi connectivity index (χ4v) is 2.29. The van der Waals surface area contributed by atoms with Crippen molar-refractivity contribution >= 4 is 12.1 Å². The highest BCUT2D eigenvalue weighted by Crippen LogP contribution is 2.28. The molecular weight excluding hydrogens is 310 g/mol. The van der Waals surface area contributed by atoms with Crippen molar-refractivity contribution in [1.82, 2.24) is 10.3 Å². The standard InChI is InChI=1S/C17H25N3O4/c1-13(2)24-15-5-4-14(10-16(15)22-3)11-18-19-17(21)12-20-6-8-23-9-7-20/h4-5,10-11,13H,6-9,12H2,1-3H3,(H,19,21)/b18-11+. The highest BCUT2D eigenvalue weighted by Gasteiger charge is 2.13. The van der Waals surface area contributed by atoms with Crippen LogP contribution in [-0.2, 0) is 9.53 Å². The molecule has 7 heteroatoms. The summed E-state index contributed by atoms with van der Waals surface area (Å²) in [6.45, 7) is 7.11. The van der Waals surface area contributed by atoms with Gasteiger partial charge in [-0.15, -0.1) is 0 Å². The fourth-order valence-electron chi connectivity index (χ4n) is 2.29. The number of nitrogens with zero attached hydrogens (tertiary/aromatic N) is 2. The molecule has 0 radical (unpaired) electrons. The third-order valence-corrected chi connectivity index (χ3v) is 3.42. The van der Waals surface area contributed by atoms with Crippen LogP contribution in [0.2, 0.25) is 0 Å². The van der Waals surface area contributed by atoms with E-state index in [-0.39, 0.29) is 12.0 Å². The van der Waals surface area contributed by atoms with Crippen molar-refractivity contribution < 1.29 is 19.0 Å². The summed E-state index contributed by atoms with van der Waals surface area (Å²) in [5.41, 5.74) is 3.35. The van der Waals surface area contributed by atoms with E-state index in [1.54, 1.807) is 13.3 Å². The number of amides is 1. The smallest absolute Gasteiger partial charge is 0.254 e. The Bertz CT molecular complexity index is 569. The summed E-state index contributed by atoms with van der Waals surface area (Å²) in [4.78, 5) is 13.9. The minimum absolute atomic E-state index is 0.0675. The van der Waals surface area contributed by atoms with Gasteiger partial charge >= 0.3 is 0 Å². The summed E-state index contributed by atoms with van der Waals surface area (Å²) in [6.07, 6.45) is 1.65. The largest absolute Gasteiger partial charge is 0.493 e. The maximum absolute atomic E-state index is 11.8. The van der Waals surface area contributed by atoms with Crippen molar-refractivity contribution in [1.29, 1.82) is 0 Å². The molecule has 0 aliphatic carbocycles. The van der Waals surface area contributed by atoms with Crippen LogP contribution in [0.1, 0.15) is 19.4 Å². The number of carbonyl (C=O) groups excluding carboxylic acids is 1. The zero-order valence-electron chi connectivity index (χ0n) is 14.4. The van der Waals surface area contributed by atoms with Gasteiger partial charge in [-0.2, -0.15) is 5.10 Å². The molecule has 1 aromatic rings. The van der Waals surface area contributed by atoms with Crippen molar-refractivity contribution in [2.75, 3.05) is 40.0 Å². The molecule has 0 atom stereocenters. The van der Waals surface area contributed by atoms with Gasteiger partial charge in [-0.25, -0.2) is 5.43 Å². The summed E-state index contributed by atoms with van der Waals surface area (Å²) in [6, 6.07) is 5.50. The molecule has 7 nitrogen and oxygen atoms in total. The fraction of sp³-hybridized carbons (Fsp3) is 0.529. The highest BCUT2D eigenvalue weighted by atomic mass is 16.5. The Hall–Kier alpha value is -2.12. The van der Waals surface area contributed by atoms with E-state index >= 15 is 0 Å². The molecule has 1 aliphatic rings. The third kappa shape index (κ3) is 5.82. The summed E-state index contributed by atoms with van der Waals surface area (Å²) >= 11 is 0. The number of methoxy groups -OCH3 is 1. The van der Waals surface area contributed by atoms with Crippen LogP contribution in [0, 0.1) is 0 Å². The number of ether oxygens (including phenoxy) is 3. The second-order valence-electron chi connectivity index (χ2n) is 5.76. The maximum atomic E-state index is 11.8. The molecule has 1 aliphatic heterocycles. The number of carbonyl (C=O) groups is 1. The number of morpholine rings is 1. The minimum Gasteiger partial charge on any atom is -0.493 e. The zero-order chi connectivity index (χ0) is 17.4. The molecule has 0 bridgehead atoms. The van der Waals surface area contributed by atoms with Crippen LogP contribution in [0.3, 0.4) is 0 Å². The van der Waals surface area contributed by atoms with E-state index in [4.69, 9.17) is 14.2 Å². The molecule has 0 spiro atoms. The molecule has 2 rings (SSSR count). The molecule has 0 saturated carbocycles. The van der Waals surface area contributed by atoms with Gasteiger partial charge in [-0.1, -0.05) is 0 Å². The van der Waals surface area contributed by atoms with Gasteiger partial charge in [0.15, 0.2) is 11.5 Å². The molecule has 1 aromatic carbocycles. The molecular formula is C17H25N3O4. The Morgan fingerprint density at radius 3 is 2.79 bits per heavy atom. The normalized spacial score (nSPS) is 15.7. The van der Waals surface area contributed by atoms with Gasteiger partial charge in [0.1, 0.15) is 0 Å². The first-order valence-corrected chi connectivity index (χ1v) is 8.05. The Labute approximate surface area is 142 Å². The summed E-state index contributed by atoms with van der Waals surface area (Å²) in [5, 5.41) is 3.99. The topological polar surface area (TPSA) is 72.4 Å². The lowest BCUT2D eigenvalue weighted by atomic mass is 10.2. The summed E-state index contributed by atoms with van der Waals surface area (Å²) in [5.74, 6) is 1.17. The van der Waals surface area contributed by atoms with Gasteiger partial charge in [-0.3, -0.25) is 9.69 Å². The molecule has 1 N–H and O–H groups in total. The van der Waals surface area contributed by atoms with Crippen LogP contribution in [0.25, 0.3) is 0 Å². The lowest BCUT2D eigenvalue weighted by Gasteiger charge is -2.25. The van der Waals surface area contributed by atoms with Gasteiger partial charge in [-0.05, 0) is 37.6 Å². The quantitative estimate of drug-likeness (QED) is 0.600. The Balaban J connectivity index is 1.87. The van der Waals surface area contributed by atoms with Crippen molar-refractivity contribution in [3.8, 4) is 11.5 Å². The first-order valence-electron chi connectivity index (χ1n) is 8.05. The van der Waals surface area contributed by atoms with Gasteiger partial charge < -0.3 is 14.2 Å². The van der Waals surface area contributed by atoms with E-state index in [1.807, 2.05) is 36.9 Å². The van der Waals surface area contributed by atoms with E-state index in [1.165, 1.54) is 0 Å². The van der Waals surface area contributed by atoms with Crippen molar-refractivity contribution in [3.05, 3.63) is 23.8 Å². The molecule has 1 amide bonds. The van der Waals surface area contributed by atoms with Crippen molar-refractivity contribution in [2.45, 2.75) is 20.0 Å². The lowest BCUT2D eigenvalue weighted by molar-refractivity contribution is -0.123. The van der Waals surface area contributed by atoms with Crippen LogP contribution >= 0.6 is 0 Å². The first-order chi connectivity index (χ1) is 11.6. The predicted octanol–water partition coefficient (Wildman–Crippen LogP) is 1.26. The number of hydrogen-bond acceptors (Lipinski definition) is 6. The Kier molecular flexibility index (Phi) is 7.02. The van der Waals surface area contributed by atoms with Crippen molar-refractivity contribution in [3.63, 3.8) is 0 Å². The van der Waals surface area contributed by atoms with E-state index < -0.39 is 0 Å². The Morgan fingerprint density at radius 1 is 1.38 bits per heavy atom. The second kappa shape index (κ2) is 9.24. The number of hydrogen-bond donors (Lipinski definition) is 1. The number of rotatable bonds is 7.